The summed E-state index contributed by atoms with van der Waals surface area (Å²) in [5.74, 6) is 0. The number of oxime groups is 1. The summed E-state index contributed by atoms with van der Waals surface area (Å²) in [5.41, 5.74) is 2.17. The van der Waals surface area contributed by atoms with Gasteiger partial charge in [0.2, 0.25) is 0 Å². The SMILES string of the molecule is COC[C@@H](OC/C=N/OCc1ccccc1)c1ccccc1. The van der Waals surface area contributed by atoms with E-state index in [0.717, 1.165) is 11.1 Å². The first-order valence-corrected chi connectivity index (χ1v) is 7.23. The first-order valence-electron chi connectivity index (χ1n) is 7.23. The van der Waals surface area contributed by atoms with E-state index in [4.69, 9.17) is 14.3 Å². The maximum absolute atomic E-state index is 5.77. The van der Waals surface area contributed by atoms with Crippen LogP contribution in [0.15, 0.2) is 65.8 Å². The maximum Gasteiger partial charge on any atom is 0.142 e. The molecule has 0 aromatic heterocycles. The van der Waals surface area contributed by atoms with Gasteiger partial charge in [-0.05, 0) is 11.1 Å². The highest BCUT2D eigenvalue weighted by Crippen LogP contribution is 2.16. The second-order valence-corrected chi connectivity index (χ2v) is 4.74. The smallest absolute Gasteiger partial charge is 0.142 e. The Balaban J connectivity index is 1.72. The minimum absolute atomic E-state index is 0.105. The van der Waals surface area contributed by atoms with Gasteiger partial charge in [0.05, 0.1) is 19.4 Å². The molecule has 2 aromatic carbocycles. The molecular formula is C18H21NO3. The normalized spacial score (nSPS) is 12.4. The molecule has 4 nitrogen and oxygen atoms in total. The van der Waals surface area contributed by atoms with Crippen molar-refractivity contribution in [2.45, 2.75) is 12.7 Å². The average Bonchev–Trinajstić information content (AvgIpc) is 2.58. The molecule has 116 valence electrons. The number of methoxy groups -OCH3 is 1. The lowest BCUT2D eigenvalue weighted by molar-refractivity contribution is 0.0144. The van der Waals surface area contributed by atoms with Gasteiger partial charge in [0, 0.05) is 7.11 Å². The summed E-state index contributed by atoms with van der Waals surface area (Å²) in [6.45, 7) is 1.33. The lowest BCUT2D eigenvalue weighted by atomic mass is 10.1. The van der Waals surface area contributed by atoms with Crippen LogP contribution in [-0.2, 0) is 20.9 Å². The van der Waals surface area contributed by atoms with Gasteiger partial charge in [-0.25, -0.2) is 0 Å². The first-order chi connectivity index (χ1) is 10.9. The van der Waals surface area contributed by atoms with Crippen molar-refractivity contribution in [1.29, 1.82) is 0 Å². The topological polar surface area (TPSA) is 40.0 Å². The Bertz CT molecular complexity index is 543. The summed E-state index contributed by atoms with van der Waals surface area (Å²) in [6, 6.07) is 19.9. The molecule has 0 amide bonds. The predicted molar refractivity (Wildman–Crippen MR) is 86.7 cm³/mol. The van der Waals surface area contributed by atoms with Gasteiger partial charge >= 0.3 is 0 Å². The van der Waals surface area contributed by atoms with Gasteiger partial charge < -0.3 is 14.3 Å². The largest absolute Gasteiger partial charge is 0.391 e. The van der Waals surface area contributed by atoms with Gasteiger partial charge in [0.15, 0.2) is 0 Å². The van der Waals surface area contributed by atoms with Crippen LogP contribution < -0.4 is 0 Å². The van der Waals surface area contributed by atoms with E-state index >= 15 is 0 Å². The van der Waals surface area contributed by atoms with E-state index in [1.54, 1.807) is 13.3 Å². The zero-order chi connectivity index (χ0) is 15.5. The van der Waals surface area contributed by atoms with Crippen LogP contribution in [0.25, 0.3) is 0 Å². The number of nitrogens with zero attached hydrogens (tertiary/aromatic N) is 1. The molecule has 0 heterocycles. The number of rotatable bonds is 9. The summed E-state index contributed by atoms with van der Waals surface area (Å²) >= 11 is 0. The van der Waals surface area contributed by atoms with Crippen molar-refractivity contribution in [1.82, 2.24) is 0 Å². The van der Waals surface area contributed by atoms with Crippen LogP contribution in [-0.4, -0.2) is 26.5 Å². The number of hydrogen-bond acceptors (Lipinski definition) is 4. The van der Waals surface area contributed by atoms with E-state index in [9.17, 15) is 0 Å². The first kappa shape index (κ1) is 16.2. The highest BCUT2D eigenvalue weighted by Gasteiger charge is 2.10. The average molecular weight is 299 g/mol. The summed E-state index contributed by atoms with van der Waals surface area (Å²) < 4.78 is 11.0. The standard InChI is InChI=1S/C18H21NO3/c1-20-15-18(17-10-6-3-7-11-17)21-13-12-19-22-14-16-8-4-2-5-9-16/h2-12,18H,13-15H2,1H3/b19-12+/t18-/m1/s1. The fourth-order valence-electron chi connectivity index (χ4n) is 1.99. The number of ether oxygens (including phenoxy) is 2. The molecule has 1 atom stereocenters. The fourth-order valence-corrected chi connectivity index (χ4v) is 1.99. The Hall–Kier alpha value is -2.17. The third-order valence-electron chi connectivity index (χ3n) is 3.08. The highest BCUT2D eigenvalue weighted by molar-refractivity contribution is 5.57. The molecule has 0 radical (unpaired) electrons. The zero-order valence-electron chi connectivity index (χ0n) is 12.7. The second-order valence-electron chi connectivity index (χ2n) is 4.74. The molecule has 0 N–H and O–H groups in total. The quantitative estimate of drug-likeness (QED) is 0.525. The molecule has 0 saturated heterocycles. The summed E-state index contributed by atoms with van der Waals surface area (Å²) in [4.78, 5) is 5.23. The fraction of sp³-hybridized carbons (Fsp3) is 0.278. The Morgan fingerprint density at radius 2 is 1.68 bits per heavy atom. The molecule has 0 bridgehead atoms. The van der Waals surface area contributed by atoms with Crippen LogP contribution in [0.1, 0.15) is 17.2 Å². The van der Waals surface area contributed by atoms with E-state index in [0.29, 0.717) is 19.8 Å². The molecule has 0 fully saturated rings. The van der Waals surface area contributed by atoms with Crippen molar-refractivity contribution in [2.75, 3.05) is 20.3 Å². The Kier molecular flexibility index (Phi) is 7.15. The zero-order valence-corrected chi connectivity index (χ0v) is 12.7. The maximum atomic E-state index is 5.77. The Morgan fingerprint density at radius 3 is 2.36 bits per heavy atom. The van der Waals surface area contributed by atoms with Gasteiger partial charge in [0.25, 0.3) is 0 Å². The van der Waals surface area contributed by atoms with E-state index in [2.05, 4.69) is 5.16 Å². The van der Waals surface area contributed by atoms with E-state index in [-0.39, 0.29) is 6.10 Å². The van der Waals surface area contributed by atoms with Crippen molar-refractivity contribution in [3.63, 3.8) is 0 Å². The highest BCUT2D eigenvalue weighted by atomic mass is 16.6. The molecule has 22 heavy (non-hydrogen) atoms. The van der Waals surface area contributed by atoms with E-state index in [1.165, 1.54) is 0 Å². The van der Waals surface area contributed by atoms with Crippen LogP contribution in [0, 0.1) is 0 Å². The van der Waals surface area contributed by atoms with Gasteiger partial charge in [-0.3, -0.25) is 0 Å². The summed E-state index contributed by atoms with van der Waals surface area (Å²) in [7, 11) is 1.66. The predicted octanol–water partition coefficient (Wildman–Crippen LogP) is 3.59. The number of benzene rings is 2. The van der Waals surface area contributed by atoms with Crippen LogP contribution in [0.3, 0.4) is 0 Å². The molecule has 4 heteroatoms. The van der Waals surface area contributed by atoms with Gasteiger partial charge in [-0.15, -0.1) is 0 Å². The molecule has 0 aliphatic heterocycles. The molecule has 0 aliphatic carbocycles. The van der Waals surface area contributed by atoms with E-state index in [1.807, 2.05) is 60.7 Å². The summed E-state index contributed by atoms with van der Waals surface area (Å²) in [6.07, 6.45) is 1.51. The van der Waals surface area contributed by atoms with Crippen molar-refractivity contribution >= 4 is 6.21 Å². The summed E-state index contributed by atoms with van der Waals surface area (Å²) in [5, 5.41) is 3.90. The Morgan fingerprint density at radius 1 is 1.00 bits per heavy atom. The van der Waals surface area contributed by atoms with Crippen molar-refractivity contribution in [3.8, 4) is 0 Å². The van der Waals surface area contributed by atoms with Crippen molar-refractivity contribution in [3.05, 3.63) is 71.8 Å². The third-order valence-corrected chi connectivity index (χ3v) is 3.08. The van der Waals surface area contributed by atoms with Gasteiger partial charge in [0.1, 0.15) is 12.7 Å². The molecule has 2 aromatic rings. The molecule has 0 spiro atoms. The molecule has 0 aliphatic rings. The van der Waals surface area contributed by atoms with Gasteiger partial charge in [-0.1, -0.05) is 65.8 Å². The monoisotopic (exact) mass is 299 g/mol. The minimum atomic E-state index is -0.105. The van der Waals surface area contributed by atoms with Gasteiger partial charge in [-0.2, -0.15) is 0 Å². The van der Waals surface area contributed by atoms with Crippen LogP contribution in [0.4, 0.5) is 0 Å². The van der Waals surface area contributed by atoms with Crippen LogP contribution >= 0.6 is 0 Å². The van der Waals surface area contributed by atoms with Crippen molar-refractivity contribution in [2.24, 2.45) is 5.16 Å². The molecular weight excluding hydrogens is 278 g/mol. The van der Waals surface area contributed by atoms with E-state index < -0.39 is 0 Å². The third kappa shape index (κ3) is 5.68. The molecule has 0 unspecified atom stereocenters. The van der Waals surface area contributed by atoms with Crippen molar-refractivity contribution < 1.29 is 14.3 Å². The number of hydrogen-bond donors (Lipinski definition) is 0. The lowest BCUT2D eigenvalue weighted by Crippen LogP contribution is -2.12. The Labute approximate surface area is 131 Å². The minimum Gasteiger partial charge on any atom is -0.391 e. The van der Waals surface area contributed by atoms with Crippen LogP contribution in [0.5, 0.6) is 0 Å². The molecule has 2 rings (SSSR count). The lowest BCUT2D eigenvalue weighted by Gasteiger charge is -2.16. The van der Waals surface area contributed by atoms with Crippen LogP contribution in [0.2, 0.25) is 0 Å². The second kappa shape index (κ2) is 9.71. The molecule has 0 saturated carbocycles.